The van der Waals surface area contributed by atoms with Gasteiger partial charge in [0.15, 0.2) is 0 Å². The lowest BCUT2D eigenvalue weighted by molar-refractivity contribution is -0.117. The van der Waals surface area contributed by atoms with Gasteiger partial charge >= 0.3 is 0 Å². The van der Waals surface area contributed by atoms with Gasteiger partial charge in [0.1, 0.15) is 5.00 Å². The number of carbonyl (C=O) groups excluding carboxylic acids is 2. The molecule has 7 heteroatoms. The number of nitrogens with one attached hydrogen (secondary N) is 1. The van der Waals surface area contributed by atoms with E-state index >= 15 is 0 Å². The van der Waals surface area contributed by atoms with Gasteiger partial charge in [-0.1, -0.05) is 44.2 Å². The van der Waals surface area contributed by atoms with Gasteiger partial charge in [-0.05, 0) is 36.3 Å². The van der Waals surface area contributed by atoms with E-state index in [0.29, 0.717) is 55.2 Å². The highest BCUT2D eigenvalue weighted by molar-refractivity contribution is 7.20. The van der Waals surface area contributed by atoms with Crippen LogP contribution in [-0.2, 0) is 9.53 Å². The number of ether oxygens (including phenoxy) is 1. The number of hydrogen-bond acceptors (Lipinski definition) is 5. The minimum absolute atomic E-state index is 0.0280. The molecule has 2 fully saturated rings. The van der Waals surface area contributed by atoms with Gasteiger partial charge in [0, 0.05) is 31.1 Å². The molecule has 2 atom stereocenters. The molecule has 172 valence electrons. The number of benzene rings is 1. The molecule has 0 radical (unpaired) electrons. The molecule has 32 heavy (non-hydrogen) atoms. The molecule has 0 spiro atoms. The van der Waals surface area contributed by atoms with Crippen LogP contribution in [0.4, 0.5) is 5.00 Å². The summed E-state index contributed by atoms with van der Waals surface area (Å²) in [6.07, 6.45) is 1.21. The Balaban J connectivity index is 1.59. The SMILES string of the molecule is Cc1c(-c2ccccc2)sc(NC(=O)CN2CC(C)CC(C)C2)c1C(=O)N1CCOCC1. The Labute approximate surface area is 194 Å². The van der Waals surface area contributed by atoms with Crippen LogP contribution in [0.1, 0.15) is 36.2 Å². The van der Waals surface area contributed by atoms with Gasteiger partial charge in [0.25, 0.3) is 5.91 Å². The molecule has 1 aromatic heterocycles. The minimum atomic E-state index is -0.0526. The second kappa shape index (κ2) is 10.1. The Bertz CT molecular complexity index is 943. The lowest BCUT2D eigenvalue weighted by atomic mass is 9.92. The Hall–Kier alpha value is -2.22. The highest BCUT2D eigenvalue weighted by atomic mass is 32.1. The van der Waals surface area contributed by atoms with Crippen LogP contribution < -0.4 is 5.32 Å². The van der Waals surface area contributed by atoms with Gasteiger partial charge in [0.2, 0.25) is 5.91 Å². The smallest absolute Gasteiger partial charge is 0.257 e. The van der Waals surface area contributed by atoms with Gasteiger partial charge in [0.05, 0.1) is 25.3 Å². The van der Waals surface area contributed by atoms with Crippen molar-refractivity contribution in [1.82, 2.24) is 9.80 Å². The Morgan fingerprint density at radius 1 is 1.09 bits per heavy atom. The third-order valence-electron chi connectivity index (χ3n) is 6.26. The average molecular weight is 456 g/mol. The molecule has 0 saturated carbocycles. The molecular weight excluding hydrogens is 422 g/mol. The van der Waals surface area contributed by atoms with Crippen molar-refractivity contribution in [2.24, 2.45) is 11.8 Å². The van der Waals surface area contributed by atoms with Crippen LogP contribution in [0.15, 0.2) is 30.3 Å². The Morgan fingerprint density at radius 2 is 1.75 bits per heavy atom. The molecule has 2 amide bonds. The number of likely N-dealkylation sites (tertiary alicyclic amines) is 1. The highest BCUT2D eigenvalue weighted by Crippen LogP contribution is 2.40. The van der Waals surface area contributed by atoms with Crippen LogP contribution in [0.5, 0.6) is 0 Å². The Kier molecular flexibility index (Phi) is 7.28. The van der Waals surface area contributed by atoms with Crippen LogP contribution in [0.2, 0.25) is 0 Å². The molecule has 0 bridgehead atoms. The zero-order valence-corrected chi connectivity index (χ0v) is 20.0. The van der Waals surface area contributed by atoms with E-state index in [9.17, 15) is 9.59 Å². The zero-order valence-electron chi connectivity index (χ0n) is 19.2. The molecule has 3 heterocycles. The van der Waals surface area contributed by atoms with Crippen molar-refractivity contribution >= 4 is 28.2 Å². The first-order valence-electron chi connectivity index (χ1n) is 11.5. The van der Waals surface area contributed by atoms with E-state index in [1.165, 1.54) is 17.8 Å². The molecule has 1 aromatic carbocycles. The predicted octanol–water partition coefficient (Wildman–Crippen LogP) is 4.11. The van der Waals surface area contributed by atoms with E-state index in [4.69, 9.17) is 4.74 Å². The first kappa shape index (κ1) is 23.0. The lowest BCUT2D eigenvalue weighted by Gasteiger charge is -2.34. The molecule has 4 rings (SSSR count). The van der Waals surface area contributed by atoms with Gasteiger partial charge in [-0.2, -0.15) is 0 Å². The summed E-state index contributed by atoms with van der Waals surface area (Å²) in [6, 6.07) is 10.1. The molecule has 2 aliphatic rings. The average Bonchev–Trinajstić information content (AvgIpc) is 3.09. The highest BCUT2D eigenvalue weighted by Gasteiger charge is 2.29. The second-order valence-electron chi connectivity index (χ2n) is 9.22. The number of morpholine rings is 1. The number of nitrogens with zero attached hydrogens (tertiary/aromatic N) is 2. The van der Waals surface area contributed by atoms with E-state index in [2.05, 4.69) is 24.1 Å². The standard InChI is InChI=1S/C25H33N3O3S/c1-17-13-18(2)15-27(14-17)16-21(29)26-24-22(25(30)28-9-11-31-12-10-28)19(3)23(32-24)20-7-5-4-6-8-20/h4-8,17-18H,9-16H2,1-3H3,(H,26,29). The van der Waals surface area contributed by atoms with Crippen molar-refractivity contribution in [2.75, 3.05) is 51.3 Å². The summed E-state index contributed by atoms with van der Waals surface area (Å²) in [5, 5.41) is 3.75. The largest absolute Gasteiger partial charge is 0.378 e. The van der Waals surface area contributed by atoms with Crippen molar-refractivity contribution < 1.29 is 14.3 Å². The fourth-order valence-corrected chi connectivity index (χ4v) is 6.16. The predicted molar refractivity (Wildman–Crippen MR) is 129 cm³/mol. The maximum absolute atomic E-state index is 13.5. The summed E-state index contributed by atoms with van der Waals surface area (Å²) in [4.78, 5) is 31.6. The summed E-state index contributed by atoms with van der Waals surface area (Å²) in [5.74, 6) is 1.11. The van der Waals surface area contributed by atoms with E-state index in [1.807, 2.05) is 42.2 Å². The second-order valence-corrected chi connectivity index (χ2v) is 10.2. The molecular formula is C25H33N3O3S. The number of amides is 2. The first-order valence-corrected chi connectivity index (χ1v) is 12.3. The van der Waals surface area contributed by atoms with Gasteiger partial charge < -0.3 is 15.0 Å². The molecule has 2 saturated heterocycles. The summed E-state index contributed by atoms with van der Waals surface area (Å²) < 4.78 is 5.42. The van der Waals surface area contributed by atoms with Crippen molar-refractivity contribution in [3.63, 3.8) is 0 Å². The normalized spacial score (nSPS) is 22.0. The lowest BCUT2D eigenvalue weighted by Crippen LogP contribution is -2.43. The maximum atomic E-state index is 13.5. The van der Waals surface area contributed by atoms with Crippen molar-refractivity contribution in [3.05, 3.63) is 41.5 Å². The number of thiophene rings is 1. The number of rotatable bonds is 5. The number of piperidine rings is 1. The van der Waals surface area contributed by atoms with E-state index < -0.39 is 0 Å². The molecule has 1 N–H and O–H groups in total. The molecule has 2 aliphatic heterocycles. The Morgan fingerprint density at radius 3 is 2.41 bits per heavy atom. The van der Waals surface area contributed by atoms with E-state index in [1.54, 1.807) is 0 Å². The third-order valence-corrected chi connectivity index (χ3v) is 7.52. The molecule has 6 nitrogen and oxygen atoms in total. The van der Waals surface area contributed by atoms with Crippen LogP contribution >= 0.6 is 11.3 Å². The van der Waals surface area contributed by atoms with Gasteiger partial charge in [-0.3, -0.25) is 14.5 Å². The van der Waals surface area contributed by atoms with Crippen molar-refractivity contribution in [2.45, 2.75) is 27.2 Å². The van der Waals surface area contributed by atoms with Crippen molar-refractivity contribution in [3.8, 4) is 10.4 Å². The topological polar surface area (TPSA) is 61.9 Å². The van der Waals surface area contributed by atoms with E-state index in [0.717, 1.165) is 29.1 Å². The maximum Gasteiger partial charge on any atom is 0.257 e. The minimum Gasteiger partial charge on any atom is -0.378 e. The summed E-state index contributed by atoms with van der Waals surface area (Å²) in [5.41, 5.74) is 2.60. The summed E-state index contributed by atoms with van der Waals surface area (Å²) in [7, 11) is 0. The third kappa shape index (κ3) is 5.22. The summed E-state index contributed by atoms with van der Waals surface area (Å²) >= 11 is 1.49. The van der Waals surface area contributed by atoms with Crippen LogP contribution in [-0.4, -0.2) is 67.6 Å². The van der Waals surface area contributed by atoms with Gasteiger partial charge in [-0.25, -0.2) is 0 Å². The van der Waals surface area contributed by atoms with Crippen LogP contribution in [0.3, 0.4) is 0 Å². The van der Waals surface area contributed by atoms with E-state index in [-0.39, 0.29) is 11.8 Å². The zero-order chi connectivity index (χ0) is 22.7. The first-order chi connectivity index (χ1) is 15.4. The number of anilines is 1. The molecule has 2 unspecified atom stereocenters. The fourth-order valence-electron chi connectivity index (χ4n) is 4.94. The van der Waals surface area contributed by atoms with Gasteiger partial charge in [-0.15, -0.1) is 11.3 Å². The quantitative estimate of drug-likeness (QED) is 0.737. The molecule has 2 aromatic rings. The monoisotopic (exact) mass is 455 g/mol. The fraction of sp³-hybridized carbons (Fsp3) is 0.520. The number of carbonyl (C=O) groups is 2. The summed E-state index contributed by atoms with van der Waals surface area (Å²) in [6.45, 7) is 11.0. The van der Waals surface area contributed by atoms with Crippen LogP contribution in [0, 0.1) is 18.8 Å². The number of hydrogen-bond donors (Lipinski definition) is 1. The van der Waals surface area contributed by atoms with Crippen LogP contribution in [0.25, 0.3) is 10.4 Å². The van der Waals surface area contributed by atoms with Crippen molar-refractivity contribution in [1.29, 1.82) is 0 Å². The molecule has 0 aliphatic carbocycles.